The number of benzene rings is 2. The predicted octanol–water partition coefficient (Wildman–Crippen LogP) is 3.95. The maximum atomic E-state index is 14.2. The van der Waals surface area contributed by atoms with E-state index < -0.39 is 17.6 Å². The van der Waals surface area contributed by atoms with Crippen molar-refractivity contribution in [3.63, 3.8) is 0 Å². The van der Waals surface area contributed by atoms with Gasteiger partial charge < -0.3 is 5.11 Å². The van der Waals surface area contributed by atoms with E-state index in [-0.39, 0.29) is 11.1 Å². The first-order chi connectivity index (χ1) is 8.91. The summed E-state index contributed by atoms with van der Waals surface area (Å²) in [5.74, 6) is -2.52. The molecule has 0 aliphatic rings. The third-order valence-corrected chi connectivity index (χ3v) is 3.00. The van der Waals surface area contributed by atoms with Crippen molar-refractivity contribution < 1.29 is 18.7 Å². The van der Waals surface area contributed by atoms with Crippen LogP contribution >= 0.6 is 0 Å². The molecule has 0 aromatic heterocycles. The zero-order valence-electron chi connectivity index (χ0n) is 10.5. The summed E-state index contributed by atoms with van der Waals surface area (Å²) in [6.45, 7) is 3.33. The number of aryl methyl sites for hydroxylation is 2. The van der Waals surface area contributed by atoms with Crippen molar-refractivity contribution in [3.05, 3.63) is 58.7 Å². The molecule has 0 spiro atoms. The zero-order chi connectivity index (χ0) is 14.2. The maximum Gasteiger partial charge on any atom is 0.338 e. The van der Waals surface area contributed by atoms with E-state index in [4.69, 9.17) is 5.11 Å². The van der Waals surface area contributed by atoms with Gasteiger partial charge in [0.15, 0.2) is 0 Å². The summed E-state index contributed by atoms with van der Waals surface area (Å²) in [4.78, 5) is 10.9. The fourth-order valence-corrected chi connectivity index (χ4v) is 2.23. The Bertz CT molecular complexity index is 640. The number of aromatic carboxylic acids is 1. The average Bonchev–Trinajstić information content (AvgIpc) is 2.29. The fourth-order valence-electron chi connectivity index (χ4n) is 2.23. The first-order valence-electron chi connectivity index (χ1n) is 5.70. The number of hydrogen-bond donors (Lipinski definition) is 1. The van der Waals surface area contributed by atoms with Gasteiger partial charge in [-0.2, -0.15) is 0 Å². The van der Waals surface area contributed by atoms with Crippen molar-refractivity contribution in [2.24, 2.45) is 0 Å². The van der Waals surface area contributed by atoms with Crippen molar-refractivity contribution in [2.45, 2.75) is 13.8 Å². The standard InChI is InChI=1S/C15H12F2O2/c1-8-6-10(16)7-9(2)13(8)11-4-3-5-12(14(11)17)15(18)19/h3-7H,1-2H3,(H,18,19). The largest absolute Gasteiger partial charge is 0.478 e. The highest BCUT2D eigenvalue weighted by atomic mass is 19.1. The Morgan fingerprint density at radius 2 is 1.68 bits per heavy atom. The van der Waals surface area contributed by atoms with Crippen LogP contribution in [0, 0.1) is 25.5 Å². The number of carboxylic acid groups (broad SMARTS) is 1. The minimum absolute atomic E-state index is 0.176. The lowest BCUT2D eigenvalue weighted by Gasteiger charge is -2.12. The SMILES string of the molecule is Cc1cc(F)cc(C)c1-c1cccc(C(=O)O)c1F. The lowest BCUT2D eigenvalue weighted by Crippen LogP contribution is -2.03. The van der Waals surface area contributed by atoms with Gasteiger partial charge in [-0.25, -0.2) is 13.6 Å². The van der Waals surface area contributed by atoms with Crippen molar-refractivity contribution >= 4 is 5.97 Å². The van der Waals surface area contributed by atoms with E-state index in [9.17, 15) is 13.6 Å². The quantitative estimate of drug-likeness (QED) is 0.889. The van der Waals surface area contributed by atoms with E-state index in [1.165, 1.54) is 30.3 Å². The minimum atomic E-state index is -1.32. The molecular weight excluding hydrogens is 250 g/mol. The molecule has 0 atom stereocenters. The molecule has 0 unspecified atom stereocenters. The van der Waals surface area contributed by atoms with Crippen LogP contribution in [0.1, 0.15) is 21.5 Å². The van der Waals surface area contributed by atoms with Crippen LogP contribution in [0.15, 0.2) is 30.3 Å². The molecule has 0 saturated carbocycles. The van der Waals surface area contributed by atoms with Crippen LogP contribution in [-0.4, -0.2) is 11.1 Å². The highest BCUT2D eigenvalue weighted by Gasteiger charge is 2.17. The summed E-state index contributed by atoms with van der Waals surface area (Å²) in [6, 6.07) is 6.78. The molecule has 0 aliphatic carbocycles. The van der Waals surface area contributed by atoms with Gasteiger partial charge in [0, 0.05) is 5.56 Å². The Morgan fingerprint density at radius 3 is 2.21 bits per heavy atom. The molecular formula is C15H12F2O2. The Kier molecular flexibility index (Phi) is 3.34. The van der Waals surface area contributed by atoms with Gasteiger partial charge >= 0.3 is 5.97 Å². The Balaban J connectivity index is 2.73. The number of carbonyl (C=O) groups is 1. The van der Waals surface area contributed by atoms with Crippen molar-refractivity contribution in [3.8, 4) is 11.1 Å². The second kappa shape index (κ2) is 4.80. The molecule has 2 rings (SSSR count). The number of rotatable bonds is 2. The van der Waals surface area contributed by atoms with Crippen LogP contribution in [0.25, 0.3) is 11.1 Å². The van der Waals surface area contributed by atoms with Gasteiger partial charge in [0.1, 0.15) is 11.6 Å². The smallest absolute Gasteiger partial charge is 0.338 e. The molecule has 98 valence electrons. The van der Waals surface area contributed by atoms with Crippen LogP contribution in [-0.2, 0) is 0 Å². The Hall–Kier alpha value is -2.23. The molecule has 4 heteroatoms. The molecule has 0 radical (unpaired) electrons. The van der Waals surface area contributed by atoms with Crippen LogP contribution in [0.3, 0.4) is 0 Å². The molecule has 0 heterocycles. The van der Waals surface area contributed by atoms with Crippen molar-refractivity contribution in [1.82, 2.24) is 0 Å². The Labute approximate surface area is 109 Å². The van der Waals surface area contributed by atoms with E-state index in [2.05, 4.69) is 0 Å². The zero-order valence-corrected chi connectivity index (χ0v) is 10.5. The first-order valence-corrected chi connectivity index (χ1v) is 5.70. The lowest BCUT2D eigenvalue weighted by molar-refractivity contribution is 0.0692. The van der Waals surface area contributed by atoms with Crippen LogP contribution in [0.4, 0.5) is 8.78 Å². The van der Waals surface area contributed by atoms with Gasteiger partial charge in [0.05, 0.1) is 5.56 Å². The summed E-state index contributed by atoms with van der Waals surface area (Å²) in [6.07, 6.45) is 0. The monoisotopic (exact) mass is 262 g/mol. The van der Waals surface area contributed by atoms with Crippen LogP contribution < -0.4 is 0 Å². The molecule has 0 aliphatic heterocycles. The van der Waals surface area contributed by atoms with Gasteiger partial charge in [0.25, 0.3) is 0 Å². The maximum absolute atomic E-state index is 14.2. The van der Waals surface area contributed by atoms with E-state index in [1.807, 2.05) is 0 Å². The van der Waals surface area contributed by atoms with E-state index in [1.54, 1.807) is 13.8 Å². The Morgan fingerprint density at radius 1 is 1.11 bits per heavy atom. The highest BCUT2D eigenvalue weighted by molar-refractivity contribution is 5.90. The molecule has 0 saturated heterocycles. The second-order valence-corrected chi connectivity index (χ2v) is 4.39. The van der Waals surface area contributed by atoms with Gasteiger partial charge in [0.2, 0.25) is 0 Å². The summed E-state index contributed by atoms with van der Waals surface area (Å²) < 4.78 is 27.4. The minimum Gasteiger partial charge on any atom is -0.478 e. The first kappa shape index (κ1) is 13.2. The number of hydrogen-bond acceptors (Lipinski definition) is 1. The van der Waals surface area contributed by atoms with Crippen LogP contribution in [0.5, 0.6) is 0 Å². The summed E-state index contributed by atoms with van der Waals surface area (Å²) in [5.41, 5.74) is 1.45. The fraction of sp³-hybridized carbons (Fsp3) is 0.133. The normalized spacial score (nSPS) is 10.5. The molecule has 0 fully saturated rings. The van der Waals surface area contributed by atoms with Crippen LogP contribution in [0.2, 0.25) is 0 Å². The number of halogens is 2. The van der Waals surface area contributed by atoms with Gasteiger partial charge in [-0.05, 0) is 48.7 Å². The molecule has 2 aromatic rings. The molecule has 19 heavy (non-hydrogen) atoms. The molecule has 1 N–H and O–H groups in total. The highest BCUT2D eigenvalue weighted by Crippen LogP contribution is 2.31. The van der Waals surface area contributed by atoms with E-state index in [0.717, 1.165) is 0 Å². The molecule has 2 nitrogen and oxygen atoms in total. The van der Waals surface area contributed by atoms with Crippen molar-refractivity contribution in [1.29, 1.82) is 0 Å². The third-order valence-electron chi connectivity index (χ3n) is 3.00. The van der Waals surface area contributed by atoms with E-state index in [0.29, 0.717) is 16.7 Å². The second-order valence-electron chi connectivity index (χ2n) is 4.39. The van der Waals surface area contributed by atoms with Gasteiger partial charge in [-0.15, -0.1) is 0 Å². The summed E-state index contributed by atoms with van der Waals surface area (Å²) in [7, 11) is 0. The molecule has 2 aromatic carbocycles. The van der Waals surface area contributed by atoms with Gasteiger partial charge in [-0.1, -0.05) is 12.1 Å². The van der Waals surface area contributed by atoms with Gasteiger partial charge in [-0.3, -0.25) is 0 Å². The predicted molar refractivity (Wildman–Crippen MR) is 68.2 cm³/mol. The number of carboxylic acids is 1. The lowest BCUT2D eigenvalue weighted by atomic mass is 9.94. The summed E-state index contributed by atoms with van der Waals surface area (Å²) >= 11 is 0. The molecule has 0 bridgehead atoms. The van der Waals surface area contributed by atoms with Crippen molar-refractivity contribution in [2.75, 3.05) is 0 Å². The summed E-state index contributed by atoms with van der Waals surface area (Å²) in [5, 5.41) is 8.92. The van der Waals surface area contributed by atoms with E-state index >= 15 is 0 Å². The molecule has 0 amide bonds. The topological polar surface area (TPSA) is 37.3 Å². The third kappa shape index (κ3) is 2.34. The average molecular weight is 262 g/mol.